The minimum atomic E-state index is 0.291. The number of nitriles is 2. The fraction of sp³-hybridized carbons (Fsp3) is 0.800. The summed E-state index contributed by atoms with van der Waals surface area (Å²) in [7, 11) is 0. The van der Waals surface area contributed by atoms with Gasteiger partial charge in [0.25, 0.3) is 0 Å². The normalized spacial score (nSPS) is 14.2. The van der Waals surface area contributed by atoms with Crippen molar-refractivity contribution in [2.75, 3.05) is 13.2 Å². The number of hydrogen-bond acceptors (Lipinski definition) is 3. The Balaban J connectivity index is 3.35. The van der Waals surface area contributed by atoms with E-state index in [2.05, 4.69) is 12.1 Å². The topological polar surface area (TPSA) is 56.8 Å². The standard InChI is InChI=1S/C10H16N2O/c1-9(3-5-11)7-13-8-10(2)4-6-12/h9-10H,3-4,7-8H2,1-2H3. The number of nitrogens with zero attached hydrogens (tertiary/aromatic N) is 2. The van der Waals surface area contributed by atoms with Crippen LogP contribution in [0.4, 0.5) is 0 Å². The Morgan fingerprint density at radius 1 is 1.00 bits per heavy atom. The maximum atomic E-state index is 8.38. The van der Waals surface area contributed by atoms with E-state index in [9.17, 15) is 0 Å². The SMILES string of the molecule is CC(CC#N)COCC(C)CC#N. The highest BCUT2D eigenvalue weighted by Gasteiger charge is 2.04. The van der Waals surface area contributed by atoms with Crippen LogP contribution in [-0.2, 0) is 4.74 Å². The summed E-state index contributed by atoms with van der Waals surface area (Å²) in [5.74, 6) is 0.582. The molecule has 0 aliphatic heterocycles. The fourth-order valence-electron chi connectivity index (χ4n) is 0.900. The molecule has 0 saturated heterocycles. The van der Waals surface area contributed by atoms with Crippen molar-refractivity contribution >= 4 is 0 Å². The van der Waals surface area contributed by atoms with E-state index in [0.717, 1.165) is 0 Å². The van der Waals surface area contributed by atoms with Gasteiger partial charge in [-0.25, -0.2) is 0 Å². The second-order valence-corrected chi connectivity index (χ2v) is 3.47. The van der Waals surface area contributed by atoms with E-state index in [1.165, 1.54) is 0 Å². The fourth-order valence-corrected chi connectivity index (χ4v) is 0.900. The minimum absolute atomic E-state index is 0.291. The summed E-state index contributed by atoms with van der Waals surface area (Å²) in [6.07, 6.45) is 1.07. The van der Waals surface area contributed by atoms with Crippen LogP contribution in [0.3, 0.4) is 0 Å². The number of hydrogen-bond donors (Lipinski definition) is 0. The molecule has 0 aromatic rings. The summed E-state index contributed by atoms with van der Waals surface area (Å²) < 4.78 is 5.36. The van der Waals surface area contributed by atoms with Gasteiger partial charge in [0.05, 0.1) is 25.4 Å². The number of rotatable bonds is 6. The summed E-state index contributed by atoms with van der Waals surface area (Å²) in [6, 6.07) is 4.20. The van der Waals surface area contributed by atoms with Crippen molar-refractivity contribution in [2.45, 2.75) is 26.7 Å². The van der Waals surface area contributed by atoms with Crippen LogP contribution >= 0.6 is 0 Å². The van der Waals surface area contributed by atoms with Crippen LogP contribution in [0.5, 0.6) is 0 Å². The molecule has 2 atom stereocenters. The molecular weight excluding hydrogens is 164 g/mol. The second kappa shape index (κ2) is 7.58. The first-order valence-electron chi connectivity index (χ1n) is 4.52. The zero-order valence-electron chi connectivity index (χ0n) is 8.29. The molecule has 0 bridgehead atoms. The molecular formula is C10H16N2O. The molecule has 0 rings (SSSR count). The first-order chi connectivity index (χ1) is 6.20. The van der Waals surface area contributed by atoms with E-state index in [1.54, 1.807) is 0 Å². The molecule has 0 saturated carbocycles. The van der Waals surface area contributed by atoms with Gasteiger partial charge in [0.15, 0.2) is 0 Å². The molecule has 0 heterocycles. The lowest BCUT2D eigenvalue weighted by molar-refractivity contribution is 0.0820. The lowest BCUT2D eigenvalue weighted by Crippen LogP contribution is -2.10. The Bertz CT molecular complexity index is 180. The largest absolute Gasteiger partial charge is 0.381 e. The van der Waals surface area contributed by atoms with Gasteiger partial charge in [0.2, 0.25) is 0 Å². The third kappa shape index (κ3) is 7.31. The van der Waals surface area contributed by atoms with Crippen LogP contribution in [0.25, 0.3) is 0 Å². The summed E-state index contributed by atoms with van der Waals surface area (Å²) in [5.41, 5.74) is 0. The molecule has 0 aromatic heterocycles. The molecule has 0 aliphatic rings. The van der Waals surface area contributed by atoms with Crippen LogP contribution in [0.1, 0.15) is 26.7 Å². The van der Waals surface area contributed by atoms with Gasteiger partial charge in [-0.1, -0.05) is 13.8 Å². The van der Waals surface area contributed by atoms with E-state index in [-0.39, 0.29) is 0 Å². The zero-order valence-corrected chi connectivity index (χ0v) is 8.29. The van der Waals surface area contributed by atoms with Gasteiger partial charge < -0.3 is 4.74 Å². The predicted octanol–water partition coefficient (Wildman–Crippen LogP) is 2.10. The second-order valence-electron chi connectivity index (χ2n) is 3.47. The van der Waals surface area contributed by atoms with E-state index < -0.39 is 0 Å². The maximum Gasteiger partial charge on any atom is 0.0625 e. The third-order valence-corrected chi connectivity index (χ3v) is 1.68. The van der Waals surface area contributed by atoms with E-state index in [4.69, 9.17) is 15.3 Å². The molecule has 0 spiro atoms. The Labute approximate surface area is 79.9 Å². The Hall–Kier alpha value is -1.06. The van der Waals surface area contributed by atoms with Crippen molar-refractivity contribution in [3.63, 3.8) is 0 Å². The van der Waals surface area contributed by atoms with Crippen LogP contribution in [-0.4, -0.2) is 13.2 Å². The van der Waals surface area contributed by atoms with E-state index >= 15 is 0 Å². The Kier molecular flexibility index (Phi) is 6.96. The van der Waals surface area contributed by atoms with E-state index in [0.29, 0.717) is 37.9 Å². The maximum absolute atomic E-state index is 8.38. The highest BCUT2D eigenvalue weighted by atomic mass is 16.5. The number of ether oxygens (including phenoxy) is 1. The first kappa shape index (κ1) is 11.9. The molecule has 72 valence electrons. The lowest BCUT2D eigenvalue weighted by Gasteiger charge is -2.11. The molecule has 3 nitrogen and oxygen atoms in total. The molecule has 0 N–H and O–H groups in total. The molecule has 3 heteroatoms. The van der Waals surface area contributed by atoms with Crippen molar-refractivity contribution in [3.8, 4) is 12.1 Å². The summed E-state index contributed by atoms with van der Waals surface area (Å²) in [6.45, 7) is 5.20. The summed E-state index contributed by atoms with van der Waals surface area (Å²) >= 11 is 0. The quantitative estimate of drug-likeness (QED) is 0.629. The van der Waals surface area contributed by atoms with Crippen LogP contribution in [0, 0.1) is 34.5 Å². The summed E-state index contributed by atoms with van der Waals surface area (Å²) in [4.78, 5) is 0. The van der Waals surface area contributed by atoms with Gasteiger partial charge in [-0.05, 0) is 11.8 Å². The molecule has 0 aliphatic carbocycles. The first-order valence-corrected chi connectivity index (χ1v) is 4.52. The van der Waals surface area contributed by atoms with Crippen LogP contribution < -0.4 is 0 Å². The van der Waals surface area contributed by atoms with Gasteiger partial charge in [0, 0.05) is 12.8 Å². The van der Waals surface area contributed by atoms with Crippen molar-refractivity contribution < 1.29 is 4.74 Å². The highest BCUT2D eigenvalue weighted by Crippen LogP contribution is 2.05. The van der Waals surface area contributed by atoms with E-state index in [1.807, 2.05) is 13.8 Å². The van der Waals surface area contributed by atoms with Gasteiger partial charge in [0.1, 0.15) is 0 Å². The van der Waals surface area contributed by atoms with Crippen molar-refractivity contribution in [1.29, 1.82) is 10.5 Å². The van der Waals surface area contributed by atoms with Gasteiger partial charge in [-0.15, -0.1) is 0 Å². The van der Waals surface area contributed by atoms with Crippen molar-refractivity contribution in [2.24, 2.45) is 11.8 Å². The molecule has 0 fully saturated rings. The minimum Gasteiger partial charge on any atom is -0.381 e. The molecule has 13 heavy (non-hydrogen) atoms. The summed E-state index contributed by atoms with van der Waals surface area (Å²) in [5, 5.41) is 16.8. The smallest absolute Gasteiger partial charge is 0.0625 e. The van der Waals surface area contributed by atoms with Crippen LogP contribution in [0.15, 0.2) is 0 Å². The molecule has 2 unspecified atom stereocenters. The molecule has 0 radical (unpaired) electrons. The third-order valence-electron chi connectivity index (χ3n) is 1.68. The lowest BCUT2D eigenvalue weighted by atomic mass is 10.1. The predicted molar refractivity (Wildman–Crippen MR) is 49.6 cm³/mol. The Morgan fingerprint density at radius 2 is 1.38 bits per heavy atom. The molecule has 0 aromatic carbocycles. The van der Waals surface area contributed by atoms with Gasteiger partial charge in [-0.3, -0.25) is 0 Å². The van der Waals surface area contributed by atoms with Crippen LogP contribution in [0.2, 0.25) is 0 Å². The average Bonchev–Trinajstić information content (AvgIpc) is 2.05. The average molecular weight is 180 g/mol. The van der Waals surface area contributed by atoms with Crippen molar-refractivity contribution in [3.05, 3.63) is 0 Å². The van der Waals surface area contributed by atoms with Gasteiger partial charge in [-0.2, -0.15) is 10.5 Å². The van der Waals surface area contributed by atoms with Crippen molar-refractivity contribution in [1.82, 2.24) is 0 Å². The Morgan fingerprint density at radius 3 is 1.69 bits per heavy atom. The highest BCUT2D eigenvalue weighted by molar-refractivity contribution is 4.74. The van der Waals surface area contributed by atoms with Gasteiger partial charge >= 0.3 is 0 Å². The monoisotopic (exact) mass is 180 g/mol. The zero-order chi connectivity index (χ0) is 10.1. The molecule has 0 amide bonds.